The minimum Gasteiger partial charge on any atom is -0.497 e. The van der Waals surface area contributed by atoms with Gasteiger partial charge in [-0.1, -0.05) is 0 Å². The summed E-state index contributed by atoms with van der Waals surface area (Å²) in [7, 11) is 2.16. The molecule has 0 aliphatic heterocycles. The van der Waals surface area contributed by atoms with Crippen molar-refractivity contribution in [3.05, 3.63) is 30.0 Å². The molecule has 146 valence electrons. The number of fused-ring (bicyclic) bond motifs is 1. The summed E-state index contributed by atoms with van der Waals surface area (Å²) < 4.78 is 32.3. The predicted molar refractivity (Wildman–Crippen MR) is 106 cm³/mol. The zero-order valence-corrected chi connectivity index (χ0v) is 17.7. The molecule has 6 nitrogen and oxygen atoms in total. The van der Waals surface area contributed by atoms with E-state index in [-0.39, 0.29) is 12.2 Å². The van der Waals surface area contributed by atoms with E-state index < -0.39 is 7.75 Å². The van der Waals surface area contributed by atoms with Gasteiger partial charge >= 0.3 is 7.75 Å². The SMILES string of the molecule is COc1ccc2c(CCN(C)C)cn(P(=O)(OC(C)C)OC(C)C)c2c1. The summed E-state index contributed by atoms with van der Waals surface area (Å²) in [6.07, 6.45) is 2.28. The fourth-order valence-corrected chi connectivity index (χ4v) is 4.82. The molecule has 1 aromatic heterocycles. The molecule has 26 heavy (non-hydrogen) atoms. The van der Waals surface area contributed by atoms with E-state index in [4.69, 9.17) is 13.8 Å². The first-order valence-corrected chi connectivity index (χ1v) is 10.5. The Kier molecular flexibility index (Phi) is 6.92. The lowest BCUT2D eigenvalue weighted by molar-refractivity contribution is 0.137. The highest BCUT2D eigenvalue weighted by molar-refractivity contribution is 7.52. The molecule has 0 N–H and O–H groups in total. The number of benzene rings is 1. The van der Waals surface area contributed by atoms with Crippen molar-refractivity contribution in [2.24, 2.45) is 0 Å². The van der Waals surface area contributed by atoms with Crippen LogP contribution < -0.4 is 4.74 Å². The summed E-state index contributed by atoms with van der Waals surface area (Å²) in [4.78, 5) is 2.13. The first kappa shape index (κ1) is 21.0. The highest BCUT2D eigenvalue weighted by Crippen LogP contribution is 2.54. The summed E-state index contributed by atoms with van der Waals surface area (Å²) in [6.45, 7) is 8.32. The Bertz CT molecular complexity index is 769. The summed E-state index contributed by atoms with van der Waals surface area (Å²) >= 11 is 0. The fourth-order valence-electron chi connectivity index (χ4n) is 2.79. The van der Waals surface area contributed by atoms with Crippen molar-refractivity contribution >= 4 is 18.6 Å². The highest BCUT2D eigenvalue weighted by atomic mass is 31.2. The van der Waals surface area contributed by atoms with Gasteiger partial charge in [-0.2, -0.15) is 0 Å². The second-order valence-corrected chi connectivity index (χ2v) is 9.00. The van der Waals surface area contributed by atoms with Gasteiger partial charge in [0, 0.05) is 24.2 Å². The monoisotopic (exact) mass is 382 g/mol. The van der Waals surface area contributed by atoms with Crippen molar-refractivity contribution in [2.45, 2.75) is 46.3 Å². The molecular weight excluding hydrogens is 351 g/mol. The van der Waals surface area contributed by atoms with E-state index in [2.05, 4.69) is 4.90 Å². The van der Waals surface area contributed by atoms with E-state index >= 15 is 0 Å². The minimum absolute atomic E-state index is 0.229. The molecule has 0 aliphatic rings. The highest BCUT2D eigenvalue weighted by Gasteiger charge is 2.32. The van der Waals surface area contributed by atoms with Crippen molar-refractivity contribution in [2.75, 3.05) is 27.7 Å². The normalized spacial score (nSPS) is 12.7. The molecular formula is C19H31N2O4P. The van der Waals surface area contributed by atoms with E-state index in [0.717, 1.165) is 29.4 Å². The number of hydrogen-bond acceptors (Lipinski definition) is 5. The molecule has 0 bridgehead atoms. The van der Waals surface area contributed by atoms with Gasteiger partial charge in [-0.25, -0.2) is 4.57 Å². The van der Waals surface area contributed by atoms with Gasteiger partial charge in [0.2, 0.25) is 0 Å². The quantitative estimate of drug-likeness (QED) is 0.595. The smallest absolute Gasteiger partial charge is 0.439 e. The van der Waals surface area contributed by atoms with Gasteiger partial charge in [-0.15, -0.1) is 0 Å². The van der Waals surface area contributed by atoms with Crippen LogP contribution in [0.25, 0.3) is 10.9 Å². The second-order valence-electron chi connectivity index (χ2n) is 7.21. The Labute approximate surface area is 156 Å². The van der Waals surface area contributed by atoms with Crippen LogP contribution in [0.3, 0.4) is 0 Å². The zero-order valence-electron chi connectivity index (χ0n) is 16.9. The second kappa shape index (κ2) is 8.57. The molecule has 0 aliphatic carbocycles. The third-order valence-electron chi connectivity index (χ3n) is 3.86. The zero-order chi connectivity index (χ0) is 19.5. The molecule has 1 heterocycles. The summed E-state index contributed by atoms with van der Waals surface area (Å²) in [5.41, 5.74) is 1.90. The molecule has 2 aromatic rings. The molecule has 0 unspecified atom stereocenters. The lowest BCUT2D eigenvalue weighted by atomic mass is 10.1. The maximum absolute atomic E-state index is 13.7. The molecule has 0 saturated carbocycles. The van der Waals surface area contributed by atoms with Gasteiger partial charge in [0.15, 0.2) is 0 Å². The van der Waals surface area contributed by atoms with Gasteiger partial charge < -0.3 is 9.64 Å². The van der Waals surface area contributed by atoms with Gasteiger partial charge in [-0.05, 0) is 65.9 Å². The van der Waals surface area contributed by atoms with Crippen LogP contribution in [-0.2, 0) is 20.0 Å². The Morgan fingerprint density at radius 3 is 2.23 bits per heavy atom. The Morgan fingerprint density at radius 2 is 1.73 bits per heavy atom. The molecule has 0 saturated heterocycles. The number of ether oxygens (including phenoxy) is 1. The van der Waals surface area contributed by atoms with Crippen molar-refractivity contribution in [3.63, 3.8) is 0 Å². The maximum atomic E-state index is 13.7. The van der Waals surface area contributed by atoms with Crippen LogP contribution in [0.1, 0.15) is 33.3 Å². The van der Waals surface area contributed by atoms with Gasteiger partial charge in [-0.3, -0.25) is 13.4 Å². The largest absolute Gasteiger partial charge is 0.497 e. The minimum atomic E-state index is -3.54. The summed E-state index contributed by atoms with van der Waals surface area (Å²) in [5.74, 6) is 0.705. The van der Waals surface area contributed by atoms with Crippen LogP contribution in [0.2, 0.25) is 0 Å². The van der Waals surface area contributed by atoms with Crippen LogP contribution in [0, 0.1) is 0 Å². The summed E-state index contributed by atoms with van der Waals surface area (Å²) in [6, 6.07) is 5.81. The molecule has 0 spiro atoms. The number of aromatic nitrogens is 1. The number of methoxy groups -OCH3 is 1. The third kappa shape index (κ3) is 4.89. The number of hydrogen-bond donors (Lipinski definition) is 0. The Morgan fingerprint density at radius 1 is 1.12 bits per heavy atom. The Hall–Kier alpha value is -1.33. The van der Waals surface area contributed by atoms with E-state index in [1.54, 1.807) is 11.4 Å². The van der Waals surface area contributed by atoms with Crippen molar-refractivity contribution in [1.82, 2.24) is 9.24 Å². The van der Waals surface area contributed by atoms with E-state index in [0.29, 0.717) is 5.75 Å². The van der Waals surface area contributed by atoms with Gasteiger partial charge in [0.05, 0.1) is 24.8 Å². The van der Waals surface area contributed by atoms with Gasteiger partial charge in [0.25, 0.3) is 0 Å². The maximum Gasteiger partial charge on any atom is 0.439 e. The molecule has 0 fully saturated rings. The first-order chi connectivity index (χ1) is 12.2. The Balaban J connectivity index is 2.63. The van der Waals surface area contributed by atoms with Crippen molar-refractivity contribution in [3.8, 4) is 5.75 Å². The van der Waals surface area contributed by atoms with Crippen LogP contribution in [0.4, 0.5) is 0 Å². The van der Waals surface area contributed by atoms with E-state index in [1.165, 1.54) is 0 Å². The van der Waals surface area contributed by atoms with Crippen LogP contribution >= 0.6 is 7.75 Å². The lowest BCUT2D eigenvalue weighted by Gasteiger charge is -2.24. The predicted octanol–water partition coefficient (Wildman–Crippen LogP) is 4.56. The van der Waals surface area contributed by atoms with Crippen LogP contribution in [0.5, 0.6) is 5.75 Å². The van der Waals surface area contributed by atoms with Crippen LogP contribution in [-0.4, -0.2) is 49.2 Å². The lowest BCUT2D eigenvalue weighted by Crippen LogP contribution is -2.15. The average Bonchev–Trinajstić information content (AvgIpc) is 2.89. The van der Waals surface area contributed by atoms with Crippen LogP contribution in [0.15, 0.2) is 24.4 Å². The van der Waals surface area contributed by atoms with Gasteiger partial charge in [0.1, 0.15) is 5.75 Å². The molecule has 0 amide bonds. The van der Waals surface area contributed by atoms with E-state index in [1.807, 2.05) is 66.2 Å². The fraction of sp³-hybridized carbons (Fsp3) is 0.579. The number of rotatable bonds is 9. The summed E-state index contributed by atoms with van der Waals surface area (Å²) in [5, 5.41) is 1.03. The topological polar surface area (TPSA) is 52.9 Å². The van der Waals surface area contributed by atoms with Crippen molar-refractivity contribution < 1.29 is 18.3 Å². The molecule has 0 atom stereocenters. The average molecular weight is 382 g/mol. The molecule has 7 heteroatoms. The first-order valence-electron chi connectivity index (χ1n) is 8.96. The molecule has 1 aromatic carbocycles. The third-order valence-corrected chi connectivity index (χ3v) is 6.09. The van der Waals surface area contributed by atoms with Crippen molar-refractivity contribution in [1.29, 1.82) is 0 Å². The molecule has 2 rings (SSSR count). The standard InChI is InChI=1S/C19H31N2O4P/c1-14(2)24-26(22,25-15(3)4)21-13-16(10-11-20(5)6)18-9-8-17(23-7)12-19(18)21/h8-9,12-15H,10-11H2,1-7H3. The number of likely N-dealkylation sites (N-methyl/N-ethyl adjacent to an activating group) is 1. The van der Waals surface area contributed by atoms with E-state index in [9.17, 15) is 4.57 Å². The number of nitrogens with zero attached hydrogens (tertiary/aromatic N) is 2. The molecule has 0 radical (unpaired) electrons.